The molecule has 10 rings (SSSR count). The van der Waals surface area contributed by atoms with E-state index in [1.807, 2.05) is 18.2 Å². The molecule has 0 saturated heterocycles. The predicted molar refractivity (Wildman–Crippen MR) is 248 cm³/mol. The normalized spacial score (nSPS) is 25.9. The van der Waals surface area contributed by atoms with Gasteiger partial charge in [-0.2, -0.15) is 13.2 Å². The number of hydrogen-bond acceptors (Lipinski definition) is 3. The van der Waals surface area contributed by atoms with E-state index in [0.29, 0.717) is 23.2 Å². The third kappa shape index (κ3) is 8.68. The maximum atomic E-state index is 13.1. The van der Waals surface area contributed by atoms with E-state index in [1.54, 1.807) is 12.1 Å². The number of rotatable bonds is 14. The zero-order chi connectivity index (χ0) is 43.3. The molecule has 0 heterocycles. The summed E-state index contributed by atoms with van der Waals surface area (Å²) in [4.78, 5) is 0. The zero-order valence-corrected chi connectivity index (χ0v) is 37.0. The molecule has 6 heteroatoms. The fraction of sp³-hybridized carbons (Fsp3) is 0.439. The van der Waals surface area contributed by atoms with Crippen molar-refractivity contribution in [1.29, 1.82) is 0 Å². The second-order valence-electron chi connectivity index (χ2n) is 20.1. The van der Waals surface area contributed by atoms with Crippen molar-refractivity contribution in [1.82, 2.24) is 0 Å². The van der Waals surface area contributed by atoms with Crippen LogP contribution in [-0.2, 0) is 0 Å². The van der Waals surface area contributed by atoms with E-state index in [0.717, 1.165) is 65.7 Å². The van der Waals surface area contributed by atoms with Crippen LogP contribution in [-0.4, -0.2) is 18.9 Å². The predicted octanol–water partition coefficient (Wildman–Crippen LogP) is 16.2. The topological polar surface area (TPSA) is 27.7 Å². The second-order valence-corrected chi connectivity index (χ2v) is 20.1. The molecular formula is C57H61F3O3. The number of fused-ring (bicyclic) bond motifs is 4. The van der Waals surface area contributed by atoms with Gasteiger partial charge in [-0.1, -0.05) is 113 Å². The van der Waals surface area contributed by atoms with Crippen molar-refractivity contribution in [2.24, 2.45) is 35.0 Å². The first-order valence-electron chi connectivity index (χ1n) is 23.7. The summed E-state index contributed by atoms with van der Waals surface area (Å²) in [5.41, 5.74) is 4.25. The molecular weight excluding hydrogens is 790 g/mol. The SMILES string of the molecule is CC(CC(CC(C)c1ccc(Oc2ccc3cc4ccccc4cc3c2)cc1)c1ccc(OC2CC34CCCC5CCCC(C2C3)C54)cc1)c1ccc(OCC(C)C(F)(F)F)cc1. The Morgan fingerprint density at radius 3 is 1.86 bits per heavy atom. The minimum absolute atomic E-state index is 0.216. The highest BCUT2D eigenvalue weighted by molar-refractivity contribution is 5.98. The van der Waals surface area contributed by atoms with Gasteiger partial charge >= 0.3 is 6.18 Å². The van der Waals surface area contributed by atoms with Gasteiger partial charge in [0.1, 0.15) is 29.1 Å². The van der Waals surface area contributed by atoms with Crippen LogP contribution in [0.2, 0.25) is 0 Å². The third-order valence-electron chi connectivity index (χ3n) is 16.1. The van der Waals surface area contributed by atoms with Crippen LogP contribution in [0.4, 0.5) is 13.2 Å². The van der Waals surface area contributed by atoms with Gasteiger partial charge < -0.3 is 14.2 Å². The molecule has 63 heavy (non-hydrogen) atoms. The Morgan fingerprint density at radius 1 is 0.587 bits per heavy atom. The van der Waals surface area contributed by atoms with Crippen molar-refractivity contribution in [2.75, 3.05) is 6.61 Å². The molecule has 10 unspecified atom stereocenters. The lowest BCUT2D eigenvalue weighted by Crippen LogP contribution is -2.46. The molecule has 0 aromatic heterocycles. The van der Waals surface area contributed by atoms with Crippen LogP contribution >= 0.6 is 0 Å². The van der Waals surface area contributed by atoms with Crippen molar-refractivity contribution in [3.63, 3.8) is 0 Å². The van der Waals surface area contributed by atoms with Gasteiger partial charge in [0.2, 0.25) is 0 Å². The highest BCUT2D eigenvalue weighted by Crippen LogP contribution is 2.70. The van der Waals surface area contributed by atoms with E-state index in [9.17, 15) is 13.2 Å². The maximum absolute atomic E-state index is 13.1. The smallest absolute Gasteiger partial charge is 0.394 e. The average molecular weight is 851 g/mol. The molecule has 0 amide bonds. The van der Waals surface area contributed by atoms with Crippen molar-refractivity contribution in [3.05, 3.63) is 144 Å². The Bertz CT molecular complexity index is 2510. The summed E-state index contributed by atoms with van der Waals surface area (Å²) in [6.45, 7) is 5.33. The summed E-state index contributed by atoms with van der Waals surface area (Å²) >= 11 is 0. The molecule has 4 aliphatic rings. The van der Waals surface area contributed by atoms with Crippen molar-refractivity contribution in [2.45, 2.75) is 115 Å². The molecule has 2 bridgehead atoms. The number of alkyl halides is 3. The Labute approximate surface area is 371 Å². The van der Waals surface area contributed by atoms with Gasteiger partial charge in [-0.05, 0) is 184 Å². The average Bonchev–Trinajstić information content (AvgIpc) is 3.81. The number of benzene rings is 6. The lowest BCUT2D eigenvalue weighted by Gasteiger charge is -2.52. The van der Waals surface area contributed by atoms with Crippen molar-refractivity contribution < 1.29 is 27.4 Å². The molecule has 4 aliphatic carbocycles. The lowest BCUT2D eigenvalue weighted by molar-refractivity contribution is -0.176. The first-order valence-corrected chi connectivity index (χ1v) is 23.7. The summed E-state index contributed by atoms with van der Waals surface area (Å²) in [5, 5.41) is 4.79. The minimum Gasteiger partial charge on any atom is -0.493 e. The van der Waals surface area contributed by atoms with Gasteiger partial charge in [-0.25, -0.2) is 0 Å². The molecule has 6 aromatic carbocycles. The third-order valence-corrected chi connectivity index (χ3v) is 16.1. The fourth-order valence-corrected chi connectivity index (χ4v) is 12.9. The van der Waals surface area contributed by atoms with Gasteiger partial charge in [-0.15, -0.1) is 0 Å². The van der Waals surface area contributed by atoms with Gasteiger partial charge in [0, 0.05) is 0 Å². The van der Waals surface area contributed by atoms with Crippen molar-refractivity contribution in [3.8, 4) is 23.0 Å². The largest absolute Gasteiger partial charge is 0.493 e. The quantitative estimate of drug-likeness (QED) is 0.102. The van der Waals surface area contributed by atoms with E-state index >= 15 is 0 Å². The summed E-state index contributed by atoms with van der Waals surface area (Å²) in [7, 11) is 0. The standard InChI is InChI=1S/C57H61F3O3/c1-36(39-13-20-48(21-14-39)61-35-38(3)57(58,59)60)28-46(41-17-24-50(25-18-41)63-54-34-56-27-7-11-42-10-6-12-52(55(42)56)53(54)33-56)29-37(2)40-15-22-49(23-16-40)62-51-26-19-45-30-43-8-4-5-9-44(43)31-47(45)32-51/h4-5,8-9,13-26,30-32,36-38,42,46,52-55H,6-7,10-12,27-29,33-35H2,1-3H3. The van der Waals surface area contributed by atoms with Gasteiger partial charge in [-0.3, -0.25) is 0 Å². The maximum Gasteiger partial charge on any atom is 0.394 e. The molecule has 0 N–H and O–H groups in total. The van der Waals surface area contributed by atoms with E-state index in [2.05, 4.69) is 111 Å². The number of hydrogen-bond donors (Lipinski definition) is 0. The minimum atomic E-state index is -4.28. The highest BCUT2D eigenvalue weighted by Gasteiger charge is 2.65. The van der Waals surface area contributed by atoms with Gasteiger partial charge in [0.25, 0.3) is 0 Å². The Balaban J connectivity index is 0.836. The second kappa shape index (κ2) is 17.2. The van der Waals surface area contributed by atoms with Gasteiger partial charge in [0.05, 0.1) is 12.5 Å². The number of halogens is 3. The van der Waals surface area contributed by atoms with E-state index < -0.39 is 18.7 Å². The first kappa shape index (κ1) is 42.0. The fourth-order valence-electron chi connectivity index (χ4n) is 12.9. The molecule has 6 aromatic rings. The Kier molecular flexibility index (Phi) is 11.5. The summed E-state index contributed by atoms with van der Waals surface area (Å²) in [6.07, 6.45) is 9.08. The molecule has 1 spiro atoms. The highest BCUT2D eigenvalue weighted by atomic mass is 19.4. The Hall–Kier alpha value is -4.97. The monoisotopic (exact) mass is 850 g/mol. The summed E-state index contributed by atoms with van der Waals surface area (Å²) in [6, 6.07) is 44.4. The van der Waals surface area contributed by atoms with Crippen LogP contribution in [0, 0.1) is 35.0 Å². The van der Waals surface area contributed by atoms with Crippen LogP contribution in [0.15, 0.2) is 127 Å². The molecule has 328 valence electrons. The molecule has 0 aliphatic heterocycles. The van der Waals surface area contributed by atoms with E-state index in [4.69, 9.17) is 14.2 Å². The zero-order valence-electron chi connectivity index (χ0n) is 37.0. The van der Waals surface area contributed by atoms with Crippen LogP contribution < -0.4 is 14.2 Å². The van der Waals surface area contributed by atoms with Gasteiger partial charge in [0.15, 0.2) is 0 Å². The van der Waals surface area contributed by atoms with Crippen LogP contribution in [0.5, 0.6) is 23.0 Å². The number of ether oxygens (including phenoxy) is 3. The molecule has 3 nitrogen and oxygen atoms in total. The lowest BCUT2D eigenvalue weighted by atomic mass is 9.54. The molecule has 4 saturated carbocycles. The Morgan fingerprint density at radius 2 is 1.17 bits per heavy atom. The molecule has 10 atom stereocenters. The van der Waals surface area contributed by atoms with Crippen LogP contribution in [0.3, 0.4) is 0 Å². The van der Waals surface area contributed by atoms with E-state index in [1.165, 1.54) is 78.7 Å². The van der Waals surface area contributed by atoms with E-state index in [-0.39, 0.29) is 17.8 Å². The molecule has 0 radical (unpaired) electrons. The van der Waals surface area contributed by atoms with Crippen LogP contribution in [0.1, 0.15) is 119 Å². The molecule has 4 fully saturated rings. The van der Waals surface area contributed by atoms with Crippen molar-refractivity contribution >= 4 is 21.5 Å². The first-order chi connectivity index (χ1) is 30.5. The summed E-state index contributed by atoms with van der Waals surface area (Å²) < 4.78 is 58.2. The van der Waals surface area contributed by atoms with Crippen LogP contribution in [0.25, 0.3) is 21.5 Å². The summed E-state index contributed by atoms with van der Waals surface area (Å²) in [5.74, 6) is 5.80.